The first-order chi connectivity index (χ1) is 14.5. The molecule has 30 heavy (non-hydrogen) atoms. The fourth-order valence-corrected chi connectivity index (χ4v) is 3.02. The van der Waals surface area contributed by atoms with Crippen LogP contribution in [0.1, 0.15) is 18.4 Å². The van der Waals surface area contributed by atoms with Crippen molar-refractivity contribution in [1.29, 1.82) is 0 Å². The van der Waals surface area contributed by atoms with Crippen molar-refractivity contribution < 1.29 is 19.0 Å². The molecule has 0 saturated carbocycles. The molecule has 9 nitrogen and oxygen atoms in total. The molecular formula is C21H24N4O5. The zero-order chi connectivity index (χ0) is 21.5. The fourth-order valence-electron chi connectivity index (χ4n) is 3.02. The van der Waals surface area contributed by atoms with Crippen LogP contribution in [-0.4, -0.2) is 41.8 Å². The number of aromatic nitrogens is 3. The lowest BCUT2D eigenvalue weighted by molar-refractivity contribution is -0.121. The third kappa shape index (κ3) is 4.86. The molecule has 1 aromatic carbocycles. The summed E-state index contributed by atoms with van der Waals surface area (Å²) in [6.45, 7) is 0.767. The zero-order valence-corrected chi connectivity index (χ0v) is 17.2. The van der Waals surface area contributed by atoms with E-state index in [1.807, 2.05) is 6.07 Å². The van der Waals surface area contributed by atoms with Gasteiger partial charge in [-0.3, -0.25) is 14.2 Å². The number of benzene rings is 1. The highest BCUT2D eigenvalue weighted by Crippen LogP contribution is 2.29. The molecule has 0 bridgehead atoms. The molecule has 0 aliphatic rings. The van der Waals surface area contributed by atoms with E-state index >= 15 is 0 Å². The predicted octanol–water partition coefficient (Wildman–Crippen LogP) is 1.91. The third-order valence-electron chi connectivity index (χ3n) is 4.63. The lowest BCUT2D eigenvalue weighted by atomic mass is 10.2. The number of methoxy groups -OCH3 is 3. The van der Waals surface area contributed by atoms with Crippen LogP contribution in [0.5, 0.6) is 17.4 Å². The summed E-state index contributed by atoms with van der Waals surface area (Å²) in [7, 11) is 4.58. The molecule has 0 fully saturated rings. The molecule has 0 saturated heterocycles. The van der Waals surface area contributed by atoms with Gasteiger partial charge in [0.1, 0.15) is 0 Å². The van der Waals surface area contributed by atoms with Crippen LogP contribution in [0.4, 0.5) is 0 Å². The number of carbonyl (C=O) groups is 1. The molecule has 0 aliphatic carbocycles. The minimum absolute atomic E-state index is 0.0982. The van der Waals surface area contributed by atoms with Crippen molar-refractivity contribution >= 4 is 16.8 Å². The Morgan fingerprint density at radius 3 is 2.57 bits per heavy atom. The summed E-state index contributed by atoms with van der Waals surface area (Å²) in [6.07, 6.45) is 3.91. The van der Waals surface area contributed by atoms with E-state index in [2.05, 4.69) is 15.3 Å². The summed E-state index contributed by atoms with van der Waals surface area (Å²) in [4.78, 5) is 33.2. The van der Waals surface area contributed by atoms with Gasteiger partial charge in [0.15, 0.2) is 11.5 Å². The molecule has 3 rings (SSSR count). The van der Waals surface area contributed by atoms with Crippen LogP contribution in [0.15, 0.2) is 41.6 Å². The van der Waals surface area contributed by atoms with Gasteiger partial charge in [0.2, 0.25) is 11.8 Å². The maximum absolute atomic E-state index is 12.8. The number of nitrogens with one attached hydrogen (secondary N) is 1. The molecular weight excluding hydrogens is 388 g/mol. The molecule has 0 atom stereocenters. The molecule has 1 amide bonds. The van der Waals surface area contributed by atoms with Crippen molar-refractivity contribution in [3.8, 4) is 17.4 Å². The van der Waals surface area contributed by atoms with Gasteiger partial charge in [0.25, 0.3) is 5.56 Å². The van der Waals surface area contributed by atoms with Crippen LogP contribution in [0, 0.1) is 0 Å². The Morgan fingerprint density at radius 1 is 1.07 bits per heavy atom. The van der Waals surface area contributed by atoms with Gasteiger partial charge in [-0.05, 0) is 24.1 Å². The molecule has 2 aromatic heterocycles. The maximum Gasteiger partial charge on any atom is 0.261 e. The first kappa shape index (κ1) is 21.1. The SMILES string of the molecule is COc1cc(CNC(=O)CCCn2cnc3cc(OC)c(OC)cc3c2=O)ccn1. The second-order valence-electron chi connectivity index (χ2n) is 6.55. The Labute approximate surface area is 173 Å². The number of hydrogen-bond donors (Lipinski definition) is 1. The number of rotatable bonds is 9. The number of amides is 1. The number of pyridine rings is 1. The number of ether oxygens (including phenoxy) is 3. The van der Waals surface area contributed by atoms with Gasteiger partial charge < -0.3 is 19.5 Å². The van der Waals surface area contributed by atoms with E-state index in [1.165, 1.54) is 25.1 Å². The van der Waals surface area contributed by atoms with Gasteiger partial charge in [-0.25, -0.2) is 9.97 Å². The van der Waals surface area contributed by atoms with Crippen LogP contribution in [0.25, 0.3) is 10.9 Å². The van der Waals surface area contributed by atoms with E-state index in [0.717, 1.165) is 5.56 Å². The van der Waals surface area contributed by atoms with Gasteiger partial charge in [-0.15, -0.1) is 0 Å². The number of fused-ring (bicyclic) bond motifs is 1. The Kier molecular flexibility index (Phi) is 6.84. The molecule has 9 heteroatoms. The largest absolute Gasteiger partial charge is 0.493 e. The number of aryl methyl sites for hydroxylation is 1. The van der Waals surface area contributed by atoms with Crippen molar-refractivity contribution in [3.63, 3.8) is 0 Å². The maximum atomic E-state index is 12.8. The average molecular weight is 412 g/mol. The number of hydrogen-bond acceptors (Lipinski definition) is 7. The second-order valence-corrected chi connectivity index (χ2v) is 6.55. The highest BCUT2D eigenvalue weighted by Gasteiger charge is 2.11. The van der Waals surface area contributed by atoms with Crippen molar-refractivity contribution in [3.05, 3.63) is 52.7 Å². The topological polar surface area (TPSA) is 105 Å². The highest BCUT2D eigenvalue weighted by atomic mass is 16.5. The summed E-state index contributed by atoms with van der Waals surface area (Å²) >= 11 is 0. The molecule has 1 N–H and O–H groups in total. The standard InChI is InChI=1S/C21H24N4O5/c1-28-17-10-15-16(11-18(17)29-2)24-13-25(21(15)27)8-4-5-19(26)23-12-14-6-7-22-20(9-14)30-3/h6-7,9-11,13H,4-5,8,12H2,1-3H3,(H,23,26). The lowest BCUT2D eigenvalue weighted by Crippen LogP contribution is -2.24. The Hall–Kier alpha value is -3.62. The van der Waals surface area contributed by atoms with E-state index in [1.54, 1.807) is 31.5 Å². The van der Waals surface area contributed by atoms with Gasteiger partial charge in [0, 0.05) is 37.8 Å². The summed E-state index contributed by atoms with van der Waals surface area (Å²) in [6, 6.07) is 6.87. The normalized spacial score (nSPS) is 10.6. The Bertz CT molecular complexity index is 1100. The van der Waals surface area contributed by atoms with E-state index in [-0.39, 0.29) is 11.5 Å². The summed E-state index contributed by atoms with van der Waals surface area (Å²) < 4.78 is 17.1. The summed E-state index contributed by atoms with van der Waals surface area (Å²) in [5, 5.41) is 3.29. The molecule has 0 spiro atoms. The van der Waals surface area contributed by atoms with E-state index in [4.69, 9.17) is 14.2 Å². The number of nitrogens with zero attached hydrogens (tertiary/aromatic N) is 3. The molecule has 0 unspecified atom stereocenters. The van der Waals surface area contributed by atoms with E-state index in [9.17, 15) is 9.59 Å². The average Bonchev–Trinajstić information content (AvgIpc) is 2.78. The minimum Gasteiger partial charge on any atom is -0.493 e. The van der Waals surface area contributed by atoms with E-state index < -0.39 is 0 Å². The monoisotopic (exact) mass is 412 g/mol. The first-order valence-electron chi connectivity index (χ1n) is 9.42. The van der Waals surface area contributed by atoms with Crippen LogP contribution in [0.2, 0.25) is 0 Å². The Balaban J connectivity index is 1.59. The van der Waals surface area contributed by atoms with Crippen LogP contribution >= 0.6 is 0 Å². The van der Waals surface area contributed by atoms with Gasteiger partial charge >= 0.3 is 0 Å². The van der Waals surface area contributed by atoms with Crippen molar-refractivity contribution in [1.82, 2.24) is 19.9 Å². The van der Waals surface area contributed by atoms with Crippen LogP contribution in [0.3, 0.4) is 0 Å². The van der Waals surface area contributed by atoms with Crippen LogP contribution in [-0.2, 0) is 17.9 Å². The van der Waals surface area contributed by atoms with Gasteiger partial charge in [-0.1, -0.05) is 0 Å². The molecule has 0 aliphatic heterocycles. The molecule has 0 radical (unpaired) electrons. The Morgan fingerprint density at radius 2 is 1.83 bits per heavy atom. The van der Waals surface area contributed by atoms with Crippen molar-refractivity contribution in [2.24, 2.45) is 0 Å². The van der Waals surface area contributed by atoms with Gasteiger partial charge in [-0.2, -0.15) is 0 Å². The van der Waals surface area contributed by atoms with Crippen molar-refractivity contribution in [2.45, 2.75) is 25.9 Å². The minimum atomic E-state index is -0.190. The summed E-state index contributed by atoms with van der Waals surface area (Å²) in [5.41, 5.74) is 1.24. The quantitative estimate of drug-likeness (QED) is 0.572. The smallest absolute Gasteiger partial charge is 0.261 e. The lowest BCUT2D eigenvalue weighted by Gasteiger charge is -2.11. The highest BCUT2D eigenvalue weighted by molar-refractivity contribution is 5.81. The molecule has 2 heterocycles. The first-order valence-corrected chi connectivity index (χ1v) is 9.42. The summed E-state index contributed by atoms with van der Waals surface area (Å²) in [5.74, 6) is 1.38. The zero-order valence-electron chi connectivity index (χ0n) is 17.2. The fraction of sp³-hybridized carbons (Fsp3) is 0.333. The van der Waals surface area contributed by atoms with Crippen molar-refractivity contribution in [2.75, 3.05) is 21.3 Å². The number of carbonyl (C=O) groups excluding carboxylic acids is 1. The molecule has 158 valence electrons. The predicted molar refractivity (Wildman–Crippen MR) is 111 cm³/mol. The van der Waals surface area contributed by atoms with Crippen LogP contribution < -0.4 is 25.1 Å². The van der Waals surface area contributed by atoms with E-state index in [0.29, 0.717) is 54.2 Å². The molecule has 3 aromatic rings. The third-order valence-corrected chi connectivity index (χ3v) is 4.63. The van der Waals surface area contributed by atoms with Gasteiger partial charge in [0.05, 0.1) is 38.6 Å². The second kappa shape index (κ2) is 9.73.